The molecule has 1 amide bonds. The monoisotopic (exact) mass is 334 g/mol. The van der Waals surface area contributed by atoms with Crippen molar-refractivity contribution in [2.45, 2.75) is 43.3 Å². The molecule has 0 N–H and O–H groups in total. The molecule has 0 bridgehead atoms. The normalized spacial score (nSPS) is 15.7. The average Bonchev–Trinajstić information content (AvgIpc) is 3.22. The number of carbonyl (C=O) groups is 1. The van der Waals surface area contributed by atoms with Crippen LogP contribution in [0.4, 0.5) is 0 Å². The van der Waals surface area contributed by atoms with Gasteiger partial charge in [-0.15, -0.1) is 10.2 Å². The molecule has 0 saturated heterocycles. The minimum atomic E-state index is 0.0766. The van der Waals surface area contributed by atoms with Gasteiger partial charge in [0.05, 0.1) is 12.0 Å². The predicted octanol–water partition coefficient (Wildman–Crippen LogP) is 3.22. The summed E-state index contributed by atoms with van der Waals surface area (Å²) in [6.45, 7) is 0. The lowest BCUT2D eigenvalue weighted by Crippen LogP contribution is -2.24. The van der Waals surface area contributed by atoms with Gasteiger partial charge in [-0.2, -0.15) is 0 Å². The van der Waals surface area contributed by atoms with Crippen LogP contribution in [0.15, 0.2) is 28.0 Å². The van der Waals surface area contributed by atoms with Gasteiger partial charge in [0.15, 0.2) is 10.9 Å². The molecule has 7 heteroatoms. The summed E-state index contributed by atoms with van der Waals surface area (Å²) in [5.41, 5.74) is 0. The Bertz CT molecular complexity index is 645. The molecule has 124 valence electrons. The second-order valence-electron chi connectivity index (χ2n) is 6.02. The molecule has 3 rings (SSSR count). The largest absolute Gasteiger partial charge is 0.461 e. The molecule has 2 aromatic rings. The third kappa shape index (κ3) is 3.60. The number of nitrogens with zero attached hydrogens (tertiary/aromatic N) is 4. The van der Waals surface area contributed by atoms with Crippen LogP contribution in [-0.2, 0) is 4.79 Å². The Morgan fingerprint density at radius 2 is 2.13 bits per heavy atom. The van der Waals surface area contributed by atoms with E-state index in [9.17, 15) is 4.79 Å². The first-order chi connectivity index (χ1) is 11.2. The fraction of sp³-hybridized carbons (Fsp3) is 0.562. The highest BCUT2D eigenvalue weighted by atomic mass is 32.2. The van der Waals surface area contributed by atoms with Crippen molar-refractivity contribution in [3.8, 4) is 11.6 Å². The SMILES string of the molecule is CN(C)C(=O)CSc1nnc(-c2ccco2)n1C1CCCCC1. The molecule has 6 nitrogen and oxygen atoms in total. The van der Waals surface area contributed by atoms with Gasteiger partial charge in [-0.3, -0.25) is 9.36 Å². The van der Waals surface area contributed by atoms with Crippen LogP contribution in [0.3, 0.4) is 0 Å². The van der Waals surface area contributed by atoms with Gasteiger partial charge in [0, 0.05) is 20.1 Å². The molecule has 0 aromatic carbocycles. The van der Waals surface area contributed by atoms with Crippen molar-refractivity contribution in [3.63, 3.8) is 0 Å². The van der Waals surface area contributed by atoms with Crippen LogP contribution in [0, 0.1) is 0 Å². The lowest BCUT2D eigenvalue weighted by atomic mass is 9.95. The number of aromatic nitrogens is 3. The molecule has 1 aliphatic rings. The molecule has 0 radical (unpaired) electrons. The van der Waals surface area contributed by atoms with Crippen LogP contribution in [0.5, 0.6) is 0 Å². The number of thioether (sulfide) groups is 1. The highest BCUT2D eigenvalue weighted by Crippen LogP contribution is 2.35. The molecule has 0 spiro atoms. The quantitative estimate of drug-likeness (QED) is 0.786. The summed E-state index contributed by atoms with van der Waals surface area (Å²) >= 11 is 1.45. The van der Waals surface area contributed by atoms with Crippen LogP contribution in [-0.4, -0.2) is 45.4 Å². The fourth-order valence-electron chi connectivity index (χ4n) is 2.87. The summed E-state index contributed by atoms with van der Waals surface area (Å²) < 4.78 is 7.69. The number of amides is 1. The minimum absolute atomic E-state index is 0.0766. The van der Waals surface area contributed by atoms with E-state index >= 15 is 0 Å². The van der Waals surface area contributed by atoms with E-state index in [1.807, 2.05) is 12.1 Å². The minimum Gasteiger partial charge on any atom is -0.461 e. The molecule has 1 aliphatic carbocycles. The van der Waals surface area contributed by atoms with Crippen molar-refractivity contribution >= 4 is 17.7 Å². The molecule has 23 heavy (non-hydrogen) atoms. The zero-order chi connectivity index (χ0) is 16.2. The van der Waals surface area contributed by atoms with E-state index in [0.717, 1.165) is 29.6 Å². The summed E-state index contributed by atoms with van der Waals surface area (Å²) in [5, 5.41) is 9.46. The third-order valence-corrected chi connectivity index (χ3v) is 5.10. The van der Waals surface area contributed by atoms with Gasteiger partial charge in [0.2, 0.25) is 11.7 Å². The maximum absolute atomic E-state index is 11.9. The smallest absolute Gasteiger partial charge is 0.232 e. The topological polar surface area (TPSA) is 64.2 Å². The number of furan rings is 1. The van der Waals surface area contributed by atoms with Crippen LogP contribution >= 0.6 is 11.8 Å². The summed E-state index contributed by atoms with van der Waals surface area (Å²) in [7, 11) is 3.53. The summed E-state index contributed by atoms with van der Waals surface area (Å²) in [6.07, 6.45) is 7.64. The van der Waals surface area contributed by atoms with Crippen molar-refractivity contribution in [2.24, 2.45) is 0 Å². The molecule has 2 heterocycles. The van der Waals surface area contributed by atoms with Gasteiger partial charge in [0.1, 0.15) is 0 Å². The first kappa shape index (κ1) is 16.1. The number of hydrogen-bond acceptors (Lipinski definition) is 5. The standard InChI is InChI=1S/C16H22N4O2S/c1-19(2)14(21)11-23-16-18-17-15(13-9-6-10-22-13)20(16)12-7-4-3-5-8-12/h6,9-10,12H,3-5,7-8,11H2,1-2H3. The number of rotatable bonds is 5. The fourth-order valence-corrected chi connectivity index (χ4v) is 3.86. The van der Waals surface area contributed by atoms with E-state index in [1.165, 1.54) is 31.0 Å². The lowest BCUT2D eigenvalue weighted by Gasteiger charge is -2.25. The second-order valence-corrected chi connectivity index (χ2v) is 6.96. The Morgan fingerprint density at radius 1 is 1.35 bits per heavy atom. The van der Waals surface area contributed by atoms with E-state index < -0.39 is 0 Å². The van der Waals surface area contributed by atoms with Gasteiger partial charge < -0.3 is 9.32 Å². The van der Waals surface area contributed by atoms with Crippen LogP contribution in [0.25, 0.3) is 11.6 Å². The van der Waals surface area contributed by atoms with Gasteiger partial charge in [-0.05, 0) is 25.0 Å². The maximum Gasteiger partial charge on any atom is 0.232 e. The Balaban J connectivity index is 1.87. The first-order valence-electron chi connectivity index (χ1n) is 7.98. The van der Waals surface area contributed by atoms with Crippen LogP contribution < -0.4 is 0 Å². The first-order valence-corrected chi connectivity index (χ1v) is 8.97. The van der Waals surface area contributed by atoms with Gasteiger partial charge in [0.25, 0.3) is 0 Å². The van der Waals surface area contributed by atoms with E-state index in [0.29, 0.717) is 11.8 Å². The van der Waals surface area contributed by atoms with Crippen molar-refractivity contribution in [2.75, 3.05) is 19.8 Å². The Kier molecular flexibility index (Phi) is 5.05. The van der Waals surface area contributed by atoms with E-state index in [-0.39, 0.29) is 5.91 Å². The van der Waals surface area contributed by atoms with Crippen molar-refractivity contribution in [1.29, 1.82) is 0 Å². The summed E-state index contributed by atoms with van der Waals surface area (Å²) in [5.74, 6) is 1.94. The van der Waals surface area contributed by atoms with Gasteiger partial charge in [-0.25, -0.2) is 0 Å². The predicted molar refractivity (Wildman–Crippen MR) is 89.3 cm³/mol. The molecule has 0 aliphatic heterocycles. The third-order valence-electron chi connectivity index (χ3n) is 4.17. The Labute approximate surface area is 140 Å². The zero-order valence-electron chi connectivity index (χ0n) is 13.6. The molecule has 0 unspecified atom stereocenters. The van der Waals surface area contributed by atoms with Gasteiger partial charge in [-0.1, -0.05) is 31.0 Å². The van der Waals surface area contributed by atoms with Crippen molar-refractivity contribution in [3.05, 3.63) is 18.4 Å². The average molecular weight is 334 g/mol. The molecule has 2 aromatic heterocycles. The Hall–Kier alpha value is -1.76. The van der Waals surface area contributed by atoms with Crippen LogP contribution in [0.1, 0.15) is 38.1 Å². The highest BCUT2D eigenvalue weighted by molar-refractivity contribution is 7.99. The van der Waals surface area contributed by atoms with E-state index in [4.69, 9.17) is 4.42 Å². The summed E-state index contributed by atoms with van der Waals surface area (Å²) in [6, 6.07) is 4.15. The zero-order valence-corrected chi connectivity index (χ0v) is 14.4. The maximum atomic E-state index is 11.9. The van der Waals surface area contributed by atoms with Crippen molar-refractivity contribution < 1.29 is 9.21 Å². The molecule has 1 saturated carbocycles. The number of carbonyl (C=O) groups excluding carboxylic acids is 1. The van der Waals surface area contributed by atoms with Crippen LogP contribution in [0.2, 0.25) is 0 Å². The molecule has 0 atom stereocenters. The molecular formula is C16H22N4O2S. The molecule has 1 fully saturated rings. The van der Waals surface area contributed by atoms with Crippen molar-refractivity contribution in [1.82, 2.24) is 19.7 Å². The van der Waals surface area contributed by atoms with E-state index in [1.54, 1.807) is 25.3 Å². The van der Waals surface area contributed by atoms with Gasteiger partial charge >= 0.3 is 0 Å². The van der Waals surface area contributed by atoms with E-state index in [2.05, 4.69) is 14.8 Å². The summed E-state index contributed by atoms with van der Waals surface area (Å²) in [4.78, 5) is 13.5. The highest BCUT2D eigenvalue weighted by Gasteiger charge is 2.25. The Morgan fingerprint density at radius 3 is 2.78 bits per heavy atom. The number of hydrogen-bond donors (Lipinski definition) is 0. The molecular weight excluding hydrogens is 312 g/mol. The lowest BCUT2D eigenvalue weighted by molar-refractivity contribution is -0.125. The second kappa shape index (κ2) is 7.21.